The number of carbonyl (C=O) groups excluding carboxylic acids is 2. The van der Waals surface area contributed by atoms with Crippen molar-refractivity contribution in [2.24, 2.45) is 0 Å². The van der Waals surface area contributed by atoms with Crippen molar-refractivity contribution in [3.8, 4) is 0 Å². The van der Waals surface area contributed by atoms with Gasteiger partial charge in [0.1, 0.15) is 11.7 Å². The second-order valence-corrected chi connectivity index (χ2v) is 4.09. The summed E-state index contributed by atoms with van der Waals surface area (Å²) < 4.78 is 0. The molecule has 1 rings (SSSR count). The smallest absolute Gasteiger partial charge is 0.270 e. The van der Waals surface area contributed by atoms with Crippen molar-refractivity contribution in [3.63, 3.8) is 0 Å². The zero-order valence-electron chi connectivity index (χ0n) is 10.5. The van der Waals surface area contributed by atoms with Crippen LogP contribution in [0.25, 0.3) is 0 Å². The highest BCUT2D eigenvalue weighted by Crippen LogP contribution is 2.05. The normalized spacial score (nSPS) is 11.8. The summed E-state index contributed by atoms with van der Waals surface area (Å²) in [6.45, 7) is 5.62. The van der Waals surface area contributed by atoms with E-state index >= 15 is 0 Å². The van der Waals surface area contributed by atoms with E-state index < -0.39 is 11.9 Å². The highest BCUT2D eigenvalue weighted by atomic mass is 35.5. The van der Waals surface area contributed by atoms with E-state index in [1.54, 1.807) is 20.8 Å². The van der Waals surface area contributed by atoms with E-state index in [0.717, 1.165) is 0 Å². The number of hydrogen-bond donors (Lipinski definition) is 2. The molecule has 0 aliphatic heterocycles. The third-order valence-electron chi connectivity index (χ3n) is 2.15. The van der Waals surface area contributed by atoms with Gasteiger partial charge in [0.15, 0.2) is 0 Å². The van der Waals surface area contributed by atoms with E-state index in [1.165, 1.54) is 6.07 Å². The number of rotatable bonds is 4. The summed E-state index contributed by atoms with van der Waals surface area (Å²) >= 11 is 5.66. The molecule has 0 saturated carbocycles. The van der Waals surface area contributed by atoms with Crippen LogP contribution < -0.4 is 10.6 Å². The molecule has 0 aliphatic carbocycles. The van der Waals surface area contributed by atoms with Crippen molar-refractivity contribution in [3.05, 3.63) is 22.7 Å². The average Bonchev–Trinajstić information content (AvgIpc) is 2.27. The largest absolute Gasteiger partial charge is 0.355 e. The number of nitrogens with zero attached hydrogens (tertiary/aromatic N) is 2. The number of halogens is 1. The third kappa shape index (κ3) is 3.96. The van der Waals surface area contributed by atoms with Gasteiger partial charge in [-0.15, -0.1) is 0 Å². The van der Waals surface area contributed by atoms with Gasteiger partial charge >= 0.3 is 0 Å². The molecule has 0 aromatic carbocycles. The molecule has 0 spiro atoms. The predicted octanol–water partition coefficient (Wildman–Crippen LogP) is 0.693. The Bertz CT molecular complexity index is 444. The summed E-state index contributed by atoms with van der Waals surface area (Å²) in [7, 11) is 0. The molecule has 18 heavy (non-hydrogen) atoms. The van der Waals surface area contributed by atoms with Crippen LogP contribution >= 0.6 is 11.6 Å². The van der Waals surface area contributed by atoms with E-state index in [2.05, 4.69) is 20.6 Å². The van der Waals surface area contributed by atoms with Gasteiger partial charge in [-0.1, -0.05) is 0 Å². The van der Waals surface area contributed by atoms with Crippen LogP contribution in [0.4, 0.5) is 0 Å². The molecule has 98 valence electrons. The number of amides is 2. The molecule has 2 N–H and O–H groups in total. The van der Waals surface area contributed by atoms with Gasteiger partial charge < -0.3 is 10.6 Å². The Morgan fingerprint density at radius 3 is 2.67 bits per heavy atom. The maximum absolute atomic E-state index is 11.8. The maximum Gasteiger partial charge on any atom is 0.270 e. The molecule has 0 fully saturated rings. The summed E-state index contributed by atoms with van der Waals surface area (Å²) in [4.78, 5) is 30.9. The lowest BCUT2D eigenvalue weighted by atomic mass is 10.2. The highest BCUT2D eigenvalue weighted by Gasteiger charge is 2.17. The highest BCUT2D eigenvalue weighted by molar-refractivity contribution is 6.28. The first-order chi connectivity index (χ1) is 8.43. The number of likely N-dealkylation sites (N-methyl/N-ethyl adjacent to an activating group) is 1. The molecular formula is C11H15ClN4O2. The first kappa shape index (κ1) is 14.4. The topological polar surface area (TPSA) is 84.0 Å². The van der Waals surface area contributed by atoms with Gasteiger partial charge in [0.05, 0.1) is 0 Å². The molecule has 0 bridgehead atoms. The van der Waals surface area contributed by atoms with Crippen LogP contribution in [0.3, 0.4) is 0 Å². The number of nitrogens with one attached hydrogen (secondary N) is 2. The summed E-state index contributed by atoms with van der Waals surface area (Å²) in [5.41, 5.74) is 0.731. The fraction of sp³-hybridized carbons (Fsp3) is 0.455. The van der Waals surface area contributed by atoms with Crippen LogP contribution in [0, 0.1) is 6.92 Å². The second kappa shape index (κ2) is 6.30. The Morgan fingerprint density at radius 1 is 1.44 bits per heavy atom. The Balaban J connectivity index is 2.73. The van der Waals surface area contributed by atoms with Gasteiger partial charge in [-0.05, 0) is 38.4 Å². The van der Waals surface area contributed by atoms with E-state index in [1.807, 2.05) is 0 Å². The van der Waals surface area contributed by atoms with E-state index in [9.17, 15) is 9.59 Å². The standard InChI is InChI=1S/C11H15ClN4O2/c1-4-13-9(17)7(3)15-10(18)8-5-6(2)14-11(12)16-8/h5,7H,4H2,1-3H3,(H,13,17)(H,15,18). The zero-order chi connectivity index (χ0) is 13.7. The summed E-state index contributed by atoms with van der Waals surface area (Å²) in [6, 6.07) is 0.873. The van der Waals surface area contributed by atoms with E-state index in [-0.39, 0.29) is 16.9 Å². The van der Waals surface area contributed by atoms with Crippen LogP contribution in [-0.2, 0) is 4.79 Å². The molecule has 7 heteroatoms. The van der Waals surface area contributed by atoms with Gasteiger partial charge in [-0.3, -0.25) is 9.59 Å². The molecule has 0 aliphatic rings. The molecule has 2 amide bonds. The third-order valence-corrected chi connectivity index (χ3v) is 2.32. The summed E-state index contributed by atoms with van der Waals surface area (Å²) in [6.07, 6.45) is 0. The number of aryl methyl sites for hydroxylation is 1. The van der Waals surface area contributed by atoms with Gasteiger partial charge in [-0.2, -0.15) is 0 Å². The number of carbonyl (C=O) groups is 2. The maximum atomic E-state index is 11.8. The van der Waals surface area contributed by atoms with Crippen molar-refractivity contribution >= 4 is 23.4 Å². The Labute approximate surface area is 110 Å². The van der Waals surface area contributed by atoms with Crippen LogP contribution in [0.15, 0.2) is 6.07 Å². The molecule has 0 radical (unpaired) electrons. The average molecular weight is 271 g/mol. The number of hydrogen-bond acceptors (Lipinski definition) is 4. The minimum absolute atomic E-state index is 0.00538. The molecule has 1 heterocycles. The monoisotopic (exact) mass is 270 g/mol. The van der Waals surface area contributed by atoms with Crippen molar-refractivity contribution in [2.75, 3.05) is 6.54 Å². The number of aromatic nitrogens is 2. The summed E-state index contributed by atoms with van der Waals surface area (Å²) in [5.74, 6) is -0.705. The van der Waals surface area contributed by atoms with Crippen molar-refractivity contribution in [1.29, 1.82) is 0 Å². The SMILES string of the molecule is CCNC(=O)C(C)NC(=O)c1cc(C)nc(Cl)n1. The molecule has 1 unspecified atom stereocenters. The van der Waals surface area contributed by atoms with Crippen LogP contribution in [0.5, 0.6) is 0 Å². The molecule has 0 saturated heterocycles. The van der Waals surface area contributed by atoms with Crippen LogP contribution in [0.2, 0.25) is 5.28 Å². The zero-order valence-corrected chi connectivity index (χ0v) is 11.2. The van der Waals surface area contributed by atoms with Crippen molar-refractivity contribution in [2.45, 2.75) is 26.8 Å². The first-order valence-corrected chi connectivity index (χ1v) is 5.91. The molecular weight excluding hydrogens is 256 g/mol. The first-order valence-electron chi connectivity index (χ1n) is 5.53. The quantitative estimate of drug-likeness (QED) is 0.789. The van der Waals surface area contributed by atoms with Crippen LogP contribution in [-0.4, -0.2) is 34.4 Å². The molecule has 1 aromatic heterocycles. The lowest BCUT2D eigenvalue weighted by Crippen LogP contribution is -2.44. The lowest BCUT2D eigenvalue weighted by molar-refractivity contribution is -0.122. The minimum Gasteiger partial charge on any atom is -0.355 e. The van der Waals surface area contributed by atoms with E-state index in [4.69, 9.17) is 11.6 Å². The van der Waals surface area contributed by atoms with E-state index in [0.29, 0.717) is 12.2 Å². The molecule has 1 atom stereocenters. The predicted molar refractivity (Wildman–Crippen MR) is 67.4 cm³/mol. The minimum atomic E-state index is -0.633. The summed E-state index contributed by atoms with van der Waals surface area (Å²) in [5, 5.41) is 5.15. The van der Waals surface area contributed by atoms with Crippen molar-refractivity contribution in [1.82, 2.24) is 20.6 Å². The molecule has 1 aromatic rings. The van der Waals surface area contributed by atoms with Gasteiger partial charge in [-0.25, -0.2) is 9.97 Å². The Hall–Kier alpha value is -1.69. The Morgan fingerprint density at radius 2 is 2.11 bits per heavy atom. The van der Waals surface area contributed by atoms with Crippen LogP contribution in [0.1, 0.15) is 30.0 Å². The fourth-order valence-corrected chi connectivity index (χ4v) is 1.54. The Kier molecular flexibility index (Phi) is 5.03. The molecule has 6 nitrogen and oxygen atoms in total. The fourth-order valence-electron chi connectivity index (χ4n) is 1.31. The van der Waals surface area contributed by atoms with Gasteiger partial charge in [0.25, 0.3) is 5.91 Å². The van der Waals surface area contributed by atoms with Gasteiger partial charge in [0.2, 0.25) is 11.2 Å². The second-order valence-electron chi connectivity index (χ2n) is 3.75. The van der Waals surface area contributed by atoms with Crippen molar-refractivity contribution < 1.29 is 9.59 Å². The van der Waals surface area contributed by atoms with Gasteiger partial charge in [0, 0.05) is 12.2 Å². The lowest BCUT2D eigenvalue weighted by Gasteiger charge is -2.13.